The number of aromatic nitrogens is 1. The zero-order valence-corrected chi connectivity index (χ0v) is 11.9. The number of hydrogen-bond donors (Lipinski definition) is 1. The molecule has 1 fully saturated rings. The van der Waals surface area contributed by atoms with Crippen molar-refractivity contribution in [2.75, 3.05) is 26.7 Å². The van der Waals surface area contributed by atoms with Crippen LogP contribution < -0.4 is 5.32 Å². The van der Waals surface area contributed by atoms with E-state index in [0.717, 1.165) is 12.5 Å². The van der Waals surface area contributed by atoms with Crippen molar-refractivity contribution in [1.29, 1.82) is 0 Å². The van der Waals surface area contributed by atoms with Gasteiger partial charge in [0.1, 0.15) is 0 Å². The van der Waals surface area contributed by atoms with E-state index in [9.17, 15) is 0 Å². The molecule has 17 heavy (non-hydrogen) atoms. The Bertz CT molecular complexity index is 342. The lowest BCUT2D eigenvalue weighted by Gasteiger charge is -2.19. The number of hydrogen-bond acceptors (Lipinski definition) is 4. The molecule has 0 saturated carbocycles. The van der Waals surface area contributed by atoms with Crippen LogP contribution in [0, 0.1) is 5.92 Å². The average Bonchev–Trinajstić information content (AvgIpc) is 2.88. The van der Waals surface area contributed by atoms with E-state index >= 15 is 0 Å². The molecule has 0 unspecified atom stereocenters. The van der Waals surface area contributed by atoms with Crippen LogP contribution in [-0.2, 0) is 6.54 Å². The van der Waals surface area contributed by atoms with Gasteiger partial charge in [0, 0.05) is 24.4 Å². The van der Waals surface area contributed by atoms with Crippen molar-refractivity contribution in [2.24, 2.45) is 5.92 Å². The van der Waals surface area contributed by atoms with E-state index in [0.29, 0.717) is 5.92 Å². The first-order chi connectivity index (χ1) is 8.15. The van der Waals surface area contributed by atoms with Crippen LogP contribution in [-0.4, -0.2) is 36.6 Å². The van der Waals surface area contributed by atoms with Crippen molar-refractivity contribution >= 4 is 11.3 Å². The highest BCUT2D eigenvalue weighted by Gasteiger charge is 2.17. The number of nitrogens with one attached hydrogen (secondary N) is 1. The third-order valence-corrected chi connectivity index (χ3v) is 4.42. The first-order valence-corrected chi connectivity index (χ1v) is 7.36. The van der Waals surface area contributed by atoms with Crippen LogP contribution in [0.15, 0.2) is 5.38 Å². The molecule has 0 radical (unpaired) electrons. The molecular formula is C13H23N3S. The second-order valence-electron chi connectivity index (χ2n) is 5.39. The van der Waals surface area contributed by atoms with Crippen molar-refractivity contribution < 1.29 is 0 Å². The third-order valence-electron chi connectivity index (χ3n) is 3.23. The molecule has 0 bridgehead atoms. The van der Waals surface area contributed by atoms with E-state index in [1.165, 1.54) is 36.8 Å². The molecule has 0 amide bonds. The molecule has 1 aliphatic rings. The highest BCUT2D eigenvalue weighted by molar-refractivity contribution is 7.09. The minimum atomic E-state index is 0.554. The summed E-state index contributed by atoms with van der Waals surface area (Å²) in [5, 5.41) is 6.89. The summed E-state index contributed by atoms with van der Waals surface area (Å²) in [6.07, 6.45) is 1.32. The minimum absolute atomic E-state index is 0.554. The standard InChI is InChI=1S/C13H23N3S/c1-10(2)13-15-12(9-17-13)8-16(3)7-11-4-5-14-6-11/h9-11,14H,4-8H2,1-3H3/t11-/m0/s1. The Morgan fingerprint density at radius 3 is 3.00 bits per heavy atom. The summed E-state index contributed by atoms with van der Waals surface area (Å²) in [6.45, 7) is 8.94. The summed E-state index contributed by atoms with van der Waals surface area (Å²) >= 11 is 1.79. The summed E-state index contributed by atoms with van der Waals surface area (Å²) in [5.74, 6) is 1.38. The molecule has 0 spiro atoms. The van der Waals surface area contributed by atoms with Gasteiger partial charge in [-0.25, -0.2) is 4.98 Å². The molecule has 1 atom stereocenters. The Morgan fingerprint density at radius 1 is 1.59 bits per heavy atom. The molecule has 4 heteroatoms. The zero-order valence-electron chi connectivity index (χ0n) is 11.1. The maximum Gasteiger partial charge on any atom is 0.0954 e. The predicted molar refractivity (Wildman–Crippen MR) is 73.5 cm³/mol. The number of rotatable bonds is 5. The van der Waals surface area contributed by atoms with Crippen LogP contribution in [0.2, 0.25) is 0 Å². The Labute approximate surface area is 108 Å². The molecule has 0 aliphatic carbocycles. The van der Waals surface area contributed by atoms with Crippen molar-refractivity contribution in [3.05, 3.63) is 16.1 Å². The fourth-order valence-electron chi connectivity index (χ4n) is 2.31. The summed E-state index contributed by atoms with van der Waals surface area (Å²) in [4.78, 5) is 7.09. The highest BCUT2D eigenvalue weighted by Crippen LogP contribution is 2.20. The first kappa shape index (κ1) is 13.0. The molecule has 96 valence electrons. The van der Waals surface area contributed by atoms with E-state index in [-0.39, 0.29) is 0 Å². The van der Waals surface area contributed by atoms with Crippen molar-refractivity contribution in [3.63, 3.8) is 0 Å². The van der Waals surface area contributed by atoms with Gasteiger partial charge in [-0.3, -0.25) is 0 Å². The molecule has 2 heterocycles. The van der Waals surface area contributed by atoms with Gasteiger partial charge in [0.2, 0.25) is 0 Å². The molecule has 0 aromatic carbocycles. The van der Waals surface area contributed by atoms with E-state index in [4.69, 9.17) is 0 Å². The Hall–Kier alpha value is -0.450. The molecule has 1 aromatic rings. The molecule has 3 nitrogen and oxygen atoms in total. The second-order valence-corrected chi connectivity index (χ2v) is 6.28. The van der Waals surface area contributed by atoms with Crippen LogP contribution in [0.5, 0.6) is 0 Å². The van der Waals surface area contributed by atoms with E-state index in [1.54, 1.807) is 11.3 Å². The topological polar surface area (TPSA) is 28.2 Å². The van der Waals surface area contributed by atoms with Crippen LogP contribution in [0.3, 0.4) is 0 Å². The van der Waals surface area contributed by atoms with Crippen molar-refractivity contribution in [2.45, 2.75) is 32.7 Å². The monoisotopic (exact) mass is 253 g/mol. The second kappa shape index (κ2) is 5.94. The van der Waals surface area contributed by atoms with Crippen LogP contribution >= 0.6 is 11.3 Å². The first-order valence-electron chi connectivity index (χ1n) is 6.48. The summed E-state index contributed by atoms with van der Waals surface area (Å²) in [6, 6.07) is 0. The number of nitrogens with zero attached hydrogens (tertiary/aromatic N) is 2. The number of thiazole rings is 1. The Morgan fingerprint density at radius 2 is 2.41 bits per heavy atom. The normalized spacial score (nSPS) is 20.6. The van der Waals surface area contributed by atoms with Gasteiger partial charge in [0.05, 0.1) is 10.7 Å². The maximum absolute atomic E-state index is 4.69. The van der Waals surface area contributed by atoms with Gasteiger partial charge in [-0.2, -0.15) is 0 Å². The Balaban J connectivity index is 1.82. The van der Waals surface area contributed by atoms with E-state index in [1.807, 2.05) is 0 Å². The van der Waals surface area contributed by atoms with Crippen molar-refractivity contribution in [1.82, 2.24) is 15.2 Å². The van der Waals surface area contributed by atoms with Gasteiger partial charge < -0.3 is 10.2 Å². The largest absolute Gasteiger partial charge is 0.316 e. The van der Waals surface area contributed by atoms with Crippen LogP contribution in [0.1, 0.15) is 36.9 Å². The summed E-state index contributed by atoms with van der Waals surface area (Å²) < 4.78 is 0. The fourth-order valence-corrected chi connectivity index (χ4v) is 3.14. The SMILES string of the molecule is CC(C)c1nc(CN(C)C[C@H]2CCNC2)cs1. The van der Waals surface area contributed by atoms with Crippen LogP contribution in [0.25, 0.3) is 0 Å². The Kier molecular flexibility index (Phi) is 4.54. The fraction of sp³-hybridized carbons (Fsp3) is 0.769. The zero-order chi connectivity index (χ0) is 12.3. The molecular weight excluding hydrogens is 230 g/mol. The average molecular weight is 253 g/mol. The van der Waals surface area contributed by atoms with Crippen LogP contribution in [0.4, 0.5) is 0 Å². The smallest absolute Gasteiger partial charge is 0.0954 e. The predicted octanol–water partition coefficient (Wildman–Crippen LogP) is 2.31. The lowest BCUT2D eigenvalue weighted by atomic mass is 10.1. The highest BCUT2D eigenvalue weighted by atomic mass is 32.1. The lowest BCUT2D eigenvalue weighted by molar-refractivity contribution is 0.276. The van der Waals surface area contributed by atoms with E-state index in [2.05, 4.69) is 41.5 Å². The molecule has 1 N–H and O–H groups in total. The van der Waals surface area contributed by atoms with Gasteiger partial charge in [-0.1, -0.05) is 13.8 Å². The molecule has 1 aliphatic heterocycles. The minimum Gasteiger partial charge on any atom is -0.316 e. The maximum atomic E-state index is 4.69. The van der Waals surface area contributed by atoms with Gasteiger partial charge in [0.25, 0.3) is 0 Å². The molecule has 2 rings (SSSR count). The summed E-state index contributed by atoms with van der Waals surface area (Å²) in [7, 11) is 2.20. The summed E-state index contributed by atoms with van der Waals surface area (Å²) in [5.41, 5.74) is 1.23. The van der Waals surface area contributed by atoms with Crippen molar-refractivity contribution in [3.8, 4) is 0 Å². The van der Waals surface area contributed by atoms with Gasteiger partial charge in [0.15, 0.2) is 0 Å². The van der Waals surface area contributed by atoms with Gasteiger partial charge in [-0.15, -0.1) is 11.3 Å². The third kappa shape index (κ3) is 3.76. The van der Waals surface area contributed by atoms with E-state index < -0.39 is 0 Å². The molecule has 1 aromatic heterocycles. The van der Waals surface area contributed by atoms with Gasteiger partial charge in [-0.05, 0) is 32.5 Å². The van der Waals surface area contributed by atoms with Gasteiger partial charge >= 0.3 is 0 Å². The quantitative estimate of drug-likeness (QED) is 0.873. The molecule has 1 saturated heterocycles. The lowest BCUT2D eigenvalue weighted by Crippen LogP contribution is -2.26.